The summed E-state index contributed by atoms with van der Waals surface area (Å²) in [6, 6.07) is 12.1. The molecule has 7 nitrogen and oxygen atoms in total. The van der Waals surface area contributed by atoms with Crippen LogP contribution in [0.15, 0.2) is 65.8 Å². The number of hydrogen-bond acceptors (Lipinski definition) is 4. The van der Waals surface area contributed by atoms with Gasteiger partial charge in [-0.3, -0.25) is 14.2 Å². The van der Waals surface area contributed by atoms with Crippen LogP contribution in [0.5, 0.6) is 0 Å². The van der Waals surface area contributed by atoms with Gasteiger partial charge in [0.25, 0.3) is 15.9 Å². The van der Waals surface area contributed by atoms with Crippen molar-refractivity contribution in [1.29, 1.82) is 0 Å². The number of rotatable bonds is 8. The number of sulfonamides is 1. The molecule has 2 aromatic carbocycles. The molecule has 0 atom stereocenters. The van der Waals surface area contributed by atoms with Gasteiger partial charge in [0.05, 0.1) is 14.9 Å². The molecule has 0 saturated heterocycles. The average Bonchev–Trinajstić information content (AvgIpc) is 3.20. The van der Waals surface area contributed by atoms with Crippen LogP contribution in [0.4, 0.5) is 5.69 Å². The van der Waals surface area contributed by atoms with Crippen LogP contribution in [0.1, 0.15) is 16.8 Å². The molecule has 1 aromatic heterocycles. The van der Waals surface area contributed by atoms with Crippen molar-refractivity contribution in [2.75, 3.05) is 11.3 Å². The molecule has 2 N–H and O–H groups in total. The Kier molecular flexibility index (Phi) is 6.79. The summed E-state index contributed by atoms with van der Waals surface area (Å²) in [6.45, 7) is 1.16. The number of amides is 1. The van der Waals surface area contributed by atoms with Crippen molar-refractivity contribution in [2.45, 2.75) is 17.9 Å². The third-order valence-electron chi connectivity index (χ3n) is 3.99. The van der Waals surface area contributed by atoms with Crippen LogP contribution in [-0.4, -0.2) is 30.7 Å². The summed E-state index contributed by atoms with van der Waals surface area (Å²) < 4.78 is 29.3. The molecule has 0 spiro atoms. The number of carbonyl (C=O) groups excluding carboxylic acids is 1. The Bertz CT molecular complexity index is 1100. The van der Waals surface area contributed by atoms with Crippen LogP contribution in [0, 0.1) is 0 Å². The molecule has 10 heteroatoms. The number of benzene rings is 2. The Balaban J connectivity index is 1.62. The van der Waals surface area contributed by atoms with Gasteiger partial charge in [-0.25, -0.2) is 8.42 Å². The monoisotopic (exact) mass is 452 g/mol. The topological polar surface area (TPSA) is 93.1 Å². The Hall–Kier alpha value is -2.55. The van der Waals surface area contributed by atoms with Crippen molar-refractivity contribution in [3.8, 4) is 0 Å². The number of anilines is 1. The summed E-state index contributed by atoms with van der Waals surface area (Å²) >= 11 is 11.7. The van der Waals surface area contributed by atoms with Gasteiger partial charge in [0.1, 0.15) is 0 Å². The molecule has 0 aliphatic rings. The van der Waals surface area contributed by atoms with E-state index in [-0.39, 0.29) is 26.5 Å². The highest BCUT2D eigenvalue weighted by atomic mass is 35.5. The van der Waals surface area contributed by atoms with Crippen LogP contribution in [-0.2, 0) is 16.6 Å². The lowest BCUT2D eigenvalue weighted by atomic mass is 10.2. The molecular formula is C19H18Cl2N4O3S. The highest BCUT2D eigenvalue weighted by molar-refractivity contribution is 7.92. The molecule has 0 radical (unpaired) electrons. The molecule has 0 aliphatic heterocycles. The Morgan fingerprint density at radius 3 is 2.62 bits per heavy atom. The third kappa shape index (κ3) is 5.72. The zero-order valence-corrected chi connectivity index (χ0v) is 17.5. The quantitative estimate of drug-likeness (QED) is 0.508. The van der Waals surface area contributed by atoms with E-state index in [2.05, 4.69) is 15.1 Å². The van der Waals surface area contributed by atoms with Crippen molar-refractivity contribution >= 4 is 44.8 Å². The van der Waals surface area contributed by atoms with Gasteiger partial charge in [-0.1, -0.05) is 29.3 Å². The molecule has 1 amide bonds. The van der Waals surface area contributed by atoms with E-state index >= 15 is 0 Å². The Morgan fingerprint density at radius 1 is 1.07 bits per heavy atom. The summed E-state index contributed by atoms with van der Waals surface area (Å²) in [6.07, 6.45) is 4.27. The van der Waals surface area contributed by atoms with E-state index in [9.17, 15) is 13.2 Å². The minimum Gasteiger partial charge on any atom is -0.352 e. The van der Waals surface area contributed by atoms with Crippen LogP contribution in [0.2, 0.25) is 10.0 Å². The largest absolute Gasteiger partial charge is 0.352 e. The van der Waals surface area contributed by atoms with E-state index in [0.717, 1.165) is 6.42 Å². The average molecular weight is 453 g/mol. The summed E-state index contributed by atoms with van der Waals surface area (Å²) in [5.41, 5.74) is 0.610. The maximum Gasteiger partial charge on any atom is 0.261 e. The normalized spacial score (nSPS) is 11.2. The lowest BCUT2D eigenvalue weighted by Gasteiger charge is -2.11. The van der Waals surface area contributed by atoms with Gasteiger partial charge in [-0.2, -0.15) is 5.10 Å². The summed E-state index contributed by atoms with van der Waals surface area (Å²) in [4.78, 5) is 12.3. The minimum atomic E-state index is -3.88. The summed E-state index contributed by atoms with van der Waals surface area (Å²) in [7, 11) is -3.88. The van der Waals surface area contributed by atoms with E-state index in [1.54, 1.807) is 29.1 Å². The fourth-order valence-corrected chi connectivity index (χ4v) is 4.00. The van der Waals surface area contributed by atoms with Crippen LogP contribution < -0.4 is 10.0 Å². The first-order valence-electron chi connectivity index (χ1n) is 8.69. The molecule has 3 rings (SSSR count). The molecule has 0 unspecified atom stereocenters. The third-order valence-corrected chi connectivity index (χ3v) is 6.11. The smallest absolute Gasteiger partial charge is 0.261 e. The fourth-order valence-electron chi connectivity index (χ4n) is 2.56. The van der Waals surface area contributed by atoms with Crippen molar-refractivity contribution in [3.05, 3.63) is 76.5 Å². The molecule has 3 aromatic rings. The second-order valence-electron chi connectivity index (χ2n) is 6.14. The van der Waals surface area contributed by atoms with Gasteiger partial charge in [-0.05, 0) is 48.9 Å². The first-order chi connectivity index (χ1) is 13.8. The number of carbonyl (C=O) groups is 1. The van der Waals surface area contributed by atoms with Gasteiger partial charge in [0, 0.05) is 36.7 Å². The maximum absolute atomic E-state index is 12.5. The zero-order valence-electron chi connectivity index (χ0n) is 15.2. The van der Waals surface area contributed by atoms with Crippen molar-refractivity contribution in [1.82, 2.24) is 15.1 Å². The molecule has 0 aliphatic carbocycles. The number of nitrogens with zero attached hydrogens (tertiary/aromatic N) is 2. The molecule has 0 fully saturated rings. The second-order valence-corrected chi connectivity index (χ2v) is 8.64. The van der Waals surface area contributed by atoms with E-state index in [4.69, 9.17) is 23.2 Å². The number of aryl methyl sites for hydroxylation is 1. The zero-order chi connectivity index (χ0) is 20.9. The predicted octanol–water partition coefficient (Wildman–Crippen LogP) is 3.81. The highest BCUT2D eigenvalue weighted by Gasteiger charge is 2.16. The minimum absolute atomic E-state index is 0.0274. The second kappa shape index (κ2) is 9.30. The van der Waals surface area contributed by atoms with Gasteiger partial charge < -0.3 is 5.32 Å². The fraction of sp³-hybridized carbons (Fsp3) is 0.158. The van der Waals surface area contributed by atoms with Gasteiger partial charge >= 0.3 is 0 Å². The maximum atomic E-state index is 12.5. The first-order valence-corrected chi connectivity index (χ1v) is 10.9. The molecule has 0 saturated carbocycles. The lowest BCUT2D eigenvalue weighted by molar-refractivity contribution is 0.0952. The van der Waals surface area contributed by atoms with E-state index < -0.39 is 10.0 Å². The number of halogens is 2. The van der Waals surface area contributed by atoms with E-state index in [0.29, 0.717) is 18.7 Å². The number of nitrogens with one attached hydrogen (secondary N) is 2. The SMILES string of the molecule is O=C(NCCCn1cccn1)c1cccc(NS(=O)(=O)c2ccc(Cl)c(Cl)c2)c1. The van der Waals surface area contributed by atoms with Gasteiger partial charge in [0.2, 0.25) is 0 Å². The highest BCUT2D eigenvalue weighted by Crippen LogP contribution is 2.26. The van der Waals surface area contributed by atoms with E-state index in [1.807, 2.05) is 12.3 Å². The molecule has 1 heterocycles. The lowest BCUT2D eigenvalue weighted by Crippen LogP contribution is -2.25. The van der Waals surface area contributed by atoms with Gasteiger partial charge in [-0.15, -0.1) is 0 Å². The Morgan fingerprint density at radius 2 is 1.90 bits per heavy atom. The predicted molar refractivity (Wildman–Crippen MR) is 113 cm³/mol. The first kappa shape index (κ1) is 21.2. The Labute approximate surface area is 178 Å². The van der Waals surface area contributed by atoms with Gasteiger partial charge in [0.15, 0.2) is 0 Å². The standard InChI is InChI=1S/C19H18Cl2N4O3S/c20-17-7-6-16(13-18(17)21)29(27,28)24-15-5-1-4-14(12-15)19(26)22-8-2-10-25-11-3-9-23-25/h1,3-7,9,11-13,24H,2,8,10H2,(H,22,26). The molecule has 152 valence electrons. The van der Waals surface area contributed by atoms with Crippen LogP contribution in [0.3, 0.4) is 0 Å². The summed E-state index contributed by atoms with van der Waals surface area (Å²) in [5.74, 6) is -0.291. The van der Waals surface area contributed by atoms with Crippen molar-refractivity contribution < 1.29 is 13.2 Å². The molecule has 0 bridgehead atoms. The van der Waals surface area contributed by atoms with Crippen molar-refractivity contribution in [3.63, 3.8) is 0 Å². The molecule has 29 heavy (non-hydrogen) atoms. The van der Waals surface area contributed by atoms with Crippen LogP contribution in [0.25, 0.3) is 0 Å². The number of hydrogen-bond donors (Lipinski definition) is 2. The molecular weight excluding hydrogens is 435 g/mol. The van der Waals surface area contributed by atoms with Crippen LogP contribution >= 0.6 is 23.2 Å². The van der Waals surface area contributed by atoms with Crippen molar-refractivity contribution in [2.24, 2.45) is 0 Å². The number of aromatic nitrogens is 2. The summed E-state index contributed by atoms with van der Waals surface area (Å²) in [5, 5.41) is 7.30. The van der Waals surface area contributed by atoms with E-state index in [1.165, 1.54) is 24.3 Å².